The Kier molecular flexibility index (Phi) is 2.02. The molecule has 0 saturated heterocycles. The van der Waals surface area contributed by atoms with Crippen molar-refractivity contribution in [3.05, 3.63) is 29.6 Å². The molecule has 2 nitrogen and oxygen atoms in total. The third kappa shape index (κ3) is 1.54. The summed E-state index contributed by atoms with van der Waals surface area (Å²) < 4.78 is 0. The highest BCUT2D eigenvalue weighted by molar-refractivity contribution is 5.18. The predicted octanol–water partition coefficient (Wildman–Crippen LogP) is 1.41. The van der Waals surface area contributed by atoms with Crippen molar-refractivity contribution >= 4 is 0 Å². The summed E-state index contributed by atoms with van der Waals surface area (Å²) in [6.07, 6.45) is 3.63. The van der Waals surface area contributed by atoms with Crippen molar-refractivity contribution in [2.75, 3.05) is 0 Å². The monoisotopic (exact) mass is 136 g/mol. The highest BCUT2D eigenvalue weighted by Crippen LogP contribution is 2.08. The van der Waals surface area contributed by atoms with Crippen molar-refractivity contribution in [1.29, 1.82) is 0 Å². The highest BCUT2D eigenvalue weighted by Gasteiger charge is 1.97. The Hall–Kier alpha value is -0.890. The van der Waals surface area contributed by atoms with E-state index in [9.17, 15) is 0 Å². The largest absolute Gasteiger partial charge is 0.324 e. The lowest BCUT2D eigenvalue weighted by molar-refractivity contribution is 0.809. The maximum atomic E-state index is 5.64. The fourth-order valence-corrected chi connectivity index (χ4v) is 0.827. The van der Waals surface area contributed by atoms with Crippen molar-refractivity contribution in [3.63, 3.8) is 0 Å². The summed E-state index contributed by atoms with van der Waals surface area (Å²) in [6, 6.07) is 2.14. The zero-order valence-corrected chi connectivity index (χ0v) is 6.33. The summed E-state index contributed by atoms with van der Waals surface area (Å²) in [5, 5.41) is 0. The minimum absolute atomic E-state index is 0.0902. The van der Waals surface area contributed by atoms with Crippen molar-refractivity contribution in [1.82, 2.24) is 4.98 Å². The molecular weight excluding hydrogens is 124 g/mol. The lowest BCUT2D eigenvalue weighted by atomic mass is 10.1. The van der Waals surface area contributed by atoms with E-state index in [1.165, 1.54) is 0 Å². The van der Waals surface area contributed by atoms with Gasteiger partial charge in [-0.3, -0.25) is 4.98 Å². The molecule has 1 aromatic rings. The SMILES string of the molecule is Cc1cncc(C(C)N)c1. The van der Waals surface area contributed by atoms with Crippen molar-refractivity contribution < 1.29 is 0 Å². The third-order valence-corrected chi connectivity index (χ3v) is 1.42. The van der Waals surface area contributed by atoms with Crippen molar-refractivity contribution in [3.8, 4) is 0 Å². The van der Waals surface area contributed by atoms with E-state index >= 15 is 0 Å². The first-order valence-electron chi connectivity index (χ1n) is 3.37. The fourth-order valence-electron chi connectivity index (χ4n) is 0.827. The number of aromatic nitrogens is 1. The van der Waals surface area contributed by atoms with E-state index in [0.717, 1.165) is 11.1 Å². The Morgan fingerprint density at radius 2 is 2.20 bits per heavy atom. The second-order valence-corrected chi connectivity index (χ2v) is 2.58. The van der Waals surface area contributed by atoms with Gasteiger partial charge in [-0.1, -0.05) is 6.07 Å². The van der Waals surface area contributed by atoms with Crippen LogP contribution in [0.2, 0.25) is 0 Å². The van der Waals surface area contributed by atoms with Gasteiger partial charge in [-0.15, -0.1) is 0 Å². The van der Waals surface area contributed by atoms with Crippen LogP contribution < -0.4 is 5.73 Å². The Morgan fingerprint density at radius 1 is 1.50 bits per heavy atom. The summed E-state index contributed by atoms with van der Waals surface area (Å²) in [6.45, 7) is 3.97. The number of pyridine rings is 1. The van der Waals surface area contributed by atoms with Crippen LogP contribution in [0.25, 0.3) is 0 Å². The van der Waals surface area contributed by atoms with Crippen LogP contribution in [0.4, 0.5) is 0 Å². The number of aryl methyl sites for hydroxylation is 1. The van der Waals surface area contributed by atoms with Gasteiger partial charge in [0.05, 0.1) is 0 Å². The zero-order chi connectivity index (χ0) is 7.56. The van der Waals surface area contributed by atoms with E-state index in [-0.39, 0.29) is 6.04 Å². The first-order valence-corrected chi connectivity index (χ1v) is 3.37. The van der Waals surface area contributed by atoms with Gasteiger partial charge < -0.3 is 5.73 Å². The first kappa shape index (κ1) is 7.22. The highest BCUT2D eigenvalue weighted by atomic mass is 14.7. The Bertz CT molecular complexity index is 218. The second kappa shape index (κ2) is 2.80. The van der Waals surface area contributed by atoms with Gasteiger partial charge in [0.2, 0.25) is 0 Å². The van der Waals surface area contributed by atoms with Gasteiger partial charge in [0.1, 0.15) is 0 Å². The van der Waals surface area contributed by atoms with Gasteiger partial charge >= 0.3 is 0 Å². The minimum Gasteiger partial charge on any atom is -0.324 e. The molecule has 10 heavy (non-hydrogen) atoms. The molecule has 0 aliphatic rings. The Labute approximate surface area is 61.1 Å². The van der Waals surface area contributed by atoms with Crippen LogP contribution in [0, 0.1) is 6.92 Å². The molecule has 2 heteroatoms. The molecule has 1 unspecified atom stereocenters. The average Bonchev–Trinajstić information content (AvgIpc) is 1.88. The number of nitrogens with two attached hydrogens (primary N) is 1. The van der Waals surface area contributed by atoms with Gasteiger partial charge in [-0.25, -0.2) is 0 Å². The van der Waals surface area contributed by atoms with E-state index in [4.69, 9.17) is 5.73 Å². The lowest BCUT2D eigenvalue weighted by Gasteiger charge is -2.03. The molecule has 0 radical (unpaired) electrons. The molecule has 1 rings (SSSR count). The first-order chi connectivity index (χ1) is 4.70. The standard InChI is InChI=1S/C8H12N2/c1-6-3-8(7(2)9)5-10-4-6/h3-5,7H,9H2,1-2H3. The van der Waals surface area contributed by atoms with Crippen LogP contribution in [0.3, 0.4) is 0 Å². The molecule has 0 saturated carbocycles. The van der Waals surface area contributed by atoms with Crippen LogP contribution in [0.1, 0.15) is 24.1 Å². The van der Waals surface area contributed by atoms with Crippen LogP contribution in [-0.2, 0) is 0 Å². The molecule has 0 spiro atoms. The smallest absolute Gasteiger partial charge is 0.0315 e. The minimum atomic E-state index is 0.0902. The van der Waals surface area contributed by atoms with Gasteiger partial charge in [-0.2, -0.15) is 0 Å². The van der Waals surface area contributed by atoms with Gasteiger partial charge in [0.15, 0.2) is 0 Å². The molecule has 1 atom stereocenters. The number of nitrogens with zero attached hydrogens (tertiary/aromatic N) is 1. The molecule has 0 bridgehead atoms. The van der Waals surface area contributed by atoms with E-state index in [0.29, 0.717) is 0 Å². The molecule has 54 valence electrons. The second-order valence-electron chi connectivity index (χ2n) is 2.58. The maximum absolute atomic E-state index is 5.64. The summed E-state index contributed by atoms with van der Waals surface area (Å²) in [4.78, 5) is 4.03. The van der Waals surface area contributed by atoms with E-state index < -0.39 is 0 Å². The van der Waals surface area contributed by atoms with E-state index in [1.54, 1.807) is 6.20 Å². The fraction of sp³-hybridized carbons (Fsp3) is 0.375. The van der Waals surface area contributed by atoms with E-state index in [1.807, 2.05) is 20.0 Å². The van der Waals surface area contributed by atoms with Gasteiger partial charge in [-0.05, 0) is 25.0 Å². The van der Waals surface area contributed by atoms with Crippen LogP contribution in [0.5, 0.6) is 0 Å². The molecule has 0 aliphatic carbocycles. The average molecular weight is 136 g/mol. The summed E-state index contributed by atoms with van der Waals surface area (Å²) in [5.74, 6) is 0. The predicted molar refractivity (Wildman–Crippen MR) is 41.6 cm³/mol. The molecule has 1 heterocycles. The summed E-state index contributed by atoms with van der Waals surface area (Å²) >= 11 is 0. The molecule has 0 aromatic carbocycles. The lowest BCUT2D eigenvalue weighted by Crippen LogP contribution is -2.05. The molecule has 1 aromatic heterocycles. The van der Waals surface area contributed by atoms with Crippen LogP contribution >= 0.6 is 0 Å². The maximum Gasteiger partial charge on any atom is 0.0315 e. The number of rotatable bonds is 1. The van der Waals surface area contributed by atoms with Crippen LogP contribution in [-0.4, -0.2) is 4.98 Å². The molecule has 0 fully saturated rings. The normalized spacial score (nSPS) is 13.1. The number of hydrogen-bond donors (Lipinski definition) is 1. The molecule has 2 N–H and O–H groups in total. The van der Waals surface area contributed by atoms with E-state index in [2.05, 4.69) is 11.1 Å². The van der Waals surface area contributed by atoms with Crippen molar-refractivity contribution in [2.45, 2.75) is 19.9 Å². The molecule has 0 amide bonds. The Balaban J connectivity index is 2.96. The zero-order valence-electron chi connectivity index (χ0n) is 6.33. The third-order valence-electron chi connectivity index (χ3n) is 1.42. The topological polar surface area (TPSA) is 38.9 Å². The summed E-state index contributed by atoms with van der Waals surface area (Å²) in [7, 11) is 0. The van der Waals surface area contributed by atoms with Gasteiger partial charge in [0.25, 0.3) is 0 Å². The number of hydrogen-bond acceptors (Lipinski definition) is 2. The van der Waals surface area contributed by atoms with Crippen LogP contribution in [0.15, 0.2) is 18.5 Å². The Morgan fingerprint density at radius 3 is 2.60 bits per heavy atom. The summed E-state index contributed by atoms with van der Waals surface area (Å²) in [5.41, 5.74) is 7.90. The quantitative estimate of drug-likeness (QED) is 0.634. The molecular formula is C8H12N2. The van der Waals surface area contributed by atoms with Gasteiger partial charge in [0, 0.05) is 18.4 Å². The molecule has 0 aliphatic heterocycles. The van der Waals surface area contributed by atoms with Crippen molar-refractivity contribution in [2.24, 2.45) is 5.73 Å².